The molecule has 0 amide bonds. The van der Waals surface area contributed by atoms with Crippen molar-refractivity contribution in [2.45, 2.75) is 17.7 Å². The highest BCUT2D eigenvalue weighted by Crippen LogP contribution is 2.74. The van der Waals surface area contributed by atoms with Gasteiger partial charge < -0.3 is 0 Å². The molecule has 0 atom stereocenters. The first kappa shape index (κ1) is 16.6. The molecule has 0 saturated carbocycles. The molecule has 0 aliphatic carbocycles. The lowest BCUT2D eigenvalue weighted by molar-refractivity contribution is 0.240. The van der Waals surface area contributed by atoms with E-state index in [1.165, 1.54) is 0 Å². The van der Waals surface area contributed by atoms with Crippen LogP contribution in [0.2, 0.25) is 0 Å². The van der Waals surface area contributed by atoms with Crippen molar-refractivity contribution in [3.63, 3.8) is 0 Å². The van der Waals surface area contributed by atoms with Gasteiger partial charge >= 0.3 is 6.17 Å². The van der Waals surface area contributed by atoms with Gasteiger partial charge in [0, 0.05) is 11.5 Å². The third kappa shape index (κ3) is 5.17. The fourth-order valence-electron chi connectivity index (χ4n) is 1.63. The lowest BCUT2D eigenvalue weighted by Crippen LogP contribution is -1.90. The maximum absolute atomic E-state index is 13.2. The largest absolute Gasteiger partial charge is 0.307 e. The molecule has 0 fully saturated rings. The number of hydrogen-bond acceptors (Lipinski definition) is 3. The fourth-order valence-corrected chi connectivity index (χ4v) is 7.46. The summed E-state index contributed by atoms with van der Waals surface area (Å²) in [5, 5.41) is 0. The summed E-state index contributed by atoms with van der Waals surface area (Å²) >= 11 is 1.75. The molecule has 0 aliphatic heterocycles. The minimum atomic E-state index is -3.62. The van der Waals surface area contributed by atoms with Crippen molar-refractivity contribution in [3.8, 4) is 0 Å². The van der Waals surface area contributed by atoms with Crippen LogP contribution in [0, 0.1) is 0 Å². The normalized spacial score (nSPS) is 11.8. The minimum Gasteiger partial charge on any atom is -0.294 e. The Balaban J connectivity index is 1.98. The molecule has 0 N–H and O–H groups in total. The Labute approximate surface area is 131 Å². The molecule has 0 spiro atoms. The SMILES string of the molecule is O=P(SCc1ccccc1)(SCc1ccccc1)C(F)F. The summed E-state index contributed by atoms with van der Waals surface area (Å²) in [4.78, 5) is 0. The van der Waals surface area contributed by atoms with E-state index in [0.717, 1.165) is 33.9 Å². The van der Waals surface area contributed by atoms with E-state index in [0.29, 0.717) is 11.5 Å². The first-order valence-corrected chi connectivity index (χ1v) is 11.3. The molecule has 2 aromatic carbocycles. The predicted octanol–water partition coefficient (Wildman–Crippen LogP) is 6.27. The Morgan fingerprint density at radius 3 is 1.52 bits per heavy atom. The molecule has 0 saturated heterocycles. The van der Waals surface area contributed by atoms with Crippen molar-refractivity contribution in [2.75, 3.05) is 0 Å². The maximum atomic E-state index is 13.2. The Morgan fingerprint density at radius 1 is 0.810 bits per heavy atom. The van der Waals surface area contributed by atoms with Crippen molar-refractivity contribution in [1.82, 2.24) is 0 Å². The van der Waals surface area contributed by atoms with Gasteiger partial charge in [-0.15, -0.1) is 0 Å². The zero-order valence-electron chi connectivity index (χ0n) is 11.2. The summed E-state index contributed by atoms with van der Waals surface area (Å²) in [6.07, 6.45) is -2.81. The van der Waals surface area contributed by atoms with Gasteiger partial charge in [-0.1, -0.05) is 83.4 Å². The molecule has 0 aromatic heterocycles. The van der Waals surface area contributed by atoms with E-state index in [-0.39, 0.29) is 0 Å². The Bertz CT molecular complexity index is 546. The summed E-state index contributed by atoms with van der Waals surface area (Å²) < 4.78 is 38.8. The molecule has 6 heteroatoms. The Kier molecular flexibility index (Phi) is 6.34. The van der Waals surface area contributed by atoms with E-state index in [1.54, 1.807) is 0 Å². The average molecular weight is 344 g/mol. The third-order valence-corrected chi connectivity index (χ3v) is 10.7. The van der Waals surface area contributed by atoms with Crippen LogP contribution >= 0.6 is 28.3 Å². The monoisotopic (exact) mass is 344 g/mol. The molecule has 0 heterocycles. The molecule has 2 aromatic rings. The predicted molar refractivity (Wildman–Crippen MR) is 89.1 cm³/mol. The van der Waals surface area contributed by atoms with Crippen molar-refractivity contribution in [1.29, 1.82) is 0 Å². The molecular weight excluding hydrogens is 329 g/mol. The van der Waals surface area contributed by atoms with Crippen molar-refractivity contribution >= 4 is 28.3 Å². The van der Waals surface area contributed by atoms with E-state index in [9.17, 15) is 13.3 Å². The average Bonchev–Trinajstić information content (AvgIpc) is 2.53. The standard InChI is InChI=1S/C15H15F2OPS2/c16-15(17)19(18,20-11-13-7-3-1-4-8-13)21-12-14-9-5-2-6-10-14/h1-10,15H,11-12H2. The zero-order valence-corrected chi connectivity index (χ0v) is 13.7. The lowest BCUT2D eigenvalue weighted by Gasteiger charge is -2.16. The van der Waals surface area contributed by atoms with Gasteiger partial charge in [0.1, 0.15) is 0 Å². The first-order chi connectivity index (χ1) is 10.1. The summed E-state index contributed by atoms with van der Waals surface area (Å²) in [5.41, 5.74) is -1.81. The molecule has 112 valence electrons. The van der Waals surface area contributed by atoms with Gasteiger partial charge in [0.2, 0.25) is 0 Å². The Morgan fingerprint density at radius 2 is 1.19 bits per heavy atom. The second-order valence-corrected chi connectivity index (χ2v) is 12.4. The lowest BCUT2D eigenvalue weighted by atomic mass is 10.2. The van der Waals surface area contributed by atoms with Gasteiger partial charge in [-0.05, 0) is 11.1 Å². The van der Waals surface area contributed by atoms with E-state index >= 15 is 0 Å². The summed E-state index contributed by atoms with van der Waals surface area (Å²) in [7, 11) is 0. The molecule has 21 heavy (non-hydrogen) atoms. The number of benzene rings is 2. The van der Waals surface area contributed by atoms with Crippen LogP contribution in [0.25, 0.3) is 0 Å². The Hall–Kier alpha value is -0.770. The molecule has 1 nitrogen and oxygen atoms in total. The molecule has 0 radical (unpaired) electrons. The zero-order chi connectivity index (χ0) is 15.1. The summed E-state index contributed by atoms with van der Waals surface area (Å²) in [5.74, 6) is 0.675. The molecule has 0 aliphatic rings. The second-order valence-electron chi connectivity index (χ2n) is 4.34. The number of alkyl halides is 2. The van der Waals surface area contributed by atoms with Crippen LogP contribution < -0.4 is 0 Å². The highest BCUT2D eigenvalue weighted by atomic mass is 33.1. The summed E-state index contributed by atoms with van der Waals surface area (Å²) in [6, 6.07) is 18.5. The number of rotatable bonds is 7. The van der Waals surface area contributed by atoms with Crippen LogP contribution in [-0.2, 0) is 16.1 Å². The van der Waals surface area contributed by atoms with Crippen LogP contribution in [0.15, 0.2) is 60.7 Å². The molecule has 0 bridgehead atoms. The number of hydrogen-bond donors (Lipinski definition) is 0. The topological polar surface area (TPSA) is 17.1 Å². The maximum Gasteiger partial charge on any atom is 0.307 e. The summed E-state index contributed by atoms with van der Waals surface area (Å²) in [6.45, 7) is 0. The van der Waals surface area contributed by atoms with Crippen LogP contribution in [-0.4, -0.2) is 6.17 Å². The van der Waals surface area contributed by atoms with E-state index in [2.05, 4.69) is 0 Å². The molecular formula is C15H15F2OPS2. The van der Waals surface area contributed by atoms with Crippen LogP contribution in [0.3, 0.4) is 0 Å². The first-order valence-electron chi connectivity index (χ1n) is 6.35. The van der Waals surface area contributed by atoms with E-state index < -0.39 is 11.7 Å². The van der Waals surface area contributed by atoms with Gasteiger partial charge in [-0.2, -0.15) is 8.78 Å². The van der Waals surface area contributed by atoms with Gasteiger partial charge in [-0.3, -0.25) is 4.57 Å². The quantitative estimate of drug-likeness (QED) is 0.551. The highest BCUT2D eigenvalue weighted by Gasteiger charge is 2.34. The van der Waals surface area contributed by atoms with Gasteiger partial charge in [0.15, 0.2) is 0 Å². The number of halogens is 2. The van der Waals surface area contributed by atoms with Crippen LogP contribution in [0.5, 0.6) is 0 Å². The van der Waals surface area contributed by atoms with E-state index in [1.807, 2.05) is 60.7 Å². The van der Waals surface area contributed by atoms with Gasteiger partial charge in [-0.25, -0.2) is 0 Å². The van der Waals surface area contributed by atoms with Crippen molar-refractivity contribution in [2.24, 2.45) is 0 Å². The second kappa shape index (κ2) is 8.02. The van der Waals surface area contributed by atoms with Crippen LogP contribution in [0.1, 0.15) is 11.1 Å². The van der Waals surface area contributed by atoms with E-state index in [4.69, 9.17) is 0 Å². The minimum absolute atomic E-state index is 0.338. The highest BCUT2D eigenvalue weighted by molar-refractivity contribution is 8.90. The molecule has 2 rings (SSSR count). The smallest absolute Gasteiger partial charge is 0.294 e. The van der Waals surface area contributed by atoms with Gasteiger partial charge in [0.25, 0.3) is 5.55 Å². The van der Waals surface area contributed by atoms with Crippen molar-refractivity contribution < 1.29 is 13.3 Å². The van der Waals surface area contributed by atoms with Crippen LogP contribution in [0.4, 0.5) is 8.78 Å². The molecule has 0 unspecified atom stereocenters. The fraction of sp³-hybridized carbons (Fsp3) is 0.200. The van der Waals surface area contributed by atoms with Gasteiger partial charge in [0.05, 0.1) is 0 Å². The van der Waals surface area contributed by atoms with Crippen molar-refractivity contribution in [3.05, 3.63) is 71.8 Å². The third-order valence-electron chi connectivity index (χ3n) is 2.75.